The third-order valence-electron chi connectivity index (χ3n) is 5.20. The Morgan fingerprint density at radius 3 is 2.52 bits per heavy atom. The summed E-state index contributed by atoms with van der Waals surface area (Å²) in [4.78, 5) is 0. The van der Waals surface area contributed by atoms with Crippen LogP contribution in [0.2, 0.25) is 5.02 Å². The summed E-state index contributed by atoms with van der Waals surface area (Å²) in [7, 11) is 0. The van der Waals surface area contributed by atoms with Gasteiger partial charge < -0.3 is 9.47 Å². The van der Waals surface area contributed by atoms with Crippen LogP contribution in [0.15, 0.2) is 72.8 Å². The minimum atomic E-state index is -0.713. The van der Waals surface area contributed by atoms with Gasteiger partial charge in [0, 0.05) is 28.5 Å². The standard InChI is InChI=1S/C22H17ClO2/c23-17-11-9-15(10-12-17)19-13-22(25-21-8-4-2-6-18(19)21)20-7-3-1-5-16(20)14-24-22/h1-12,19H,13-14H2/t19-,22+/m0/s1. The lowest BCUT2D eigenvalue weighted by atomic mass is 9.81. The number of hydrogen-bond donors (Lipinski definition) is 0. The highest BCUT2D eigenvalue weighted by Gasteiger charge is 2.48. The lowest BCUT2D eigenvalue weighted by Gasteiger charge is -2.39. The number of ether oxygens (including phenoxy) is 2. The zero-order chi connectivity index (χ0) is 16.9. The second kappa shape index (κ2) is 5.62. The van der Waals surface area contributed by atoms with Crippen molar-refractivity contribution in [2.45, 2.75) is 24.7 Å². The Hall–Kier alpha value is -2.29. The van der Waals surface area contributed by atoms with Crippen LogP contribution in [0.4, 0.5) is 0 Å². The van der Waals surface area contributed by atoms with E-state index in [0.29, 0.717) is 6.61 Å². The summed E-state index contributed by atoms with van der Waals surface area (Å²) < 4.78 is 12.7. The van der Waals surface area contributed by atoms with Crippen molar-refractivity contribution in [1.29, 1.82) is 0 Å². The van der Waals surface area contributed by atoms with Gasteiger partial charge in [0.05, 0.1) is 6.61 Å². The van der Waals surface area contributed by atoms with Gasteiger partial charge in [-0.15, -0.1) is 0 Å². The van der Waals surface area contributed by atoms with Crippen molar-refractivity contribution in [2.75, 3.05) is 0 Å². The van der Waals surface area contributed by atoms with E-state index in [1.807, 2.05) is 24.3 Å². The van der Waals surface area contributed by atoms with Crippen LogP contribution in [0.25, 0.3) is 0 Å². The molecule has 124 valence electrons. The number of hydrogen-bond acceptors (Lipinski definition) is 2. The van der Waals surface area contributed by atoms with Crippen molar-refractivity contribution in [1.82, 2.24) is 0 Å². The second-order valence-electron chi connectivity index (χ2n) is 6.65. The quantitative estimate of drug-likeness (QED) is 0.566. The van der Waals surface area contributed by atoms with Gasteiger partial charge in [-0.1, -0.05) is 66.2 Å². The Bertz CT molecular complexity index is 935. The fraction of sp³-hybridized carbons (Fsp3) is 0.182. The Balaban J connectivity index is 1.66. The summed E-state index contributed by atoms with van der Waals surface area (Å²) in [5.74, 6) is 0.383. The lowest BCUT2D eigenvalue weighted by molar-refractivity contribution is -0.195. The lowest BCUT2D eigenvalue weighted by Crippen LogP contribution is -2.38. The fourth-order valence-corrected chi connectivity index (χ4v) is 4.12. The van der Waals surface area contributed by atoms with Crippen molar-refractivity contribution in [3.8, 4) is 5.75 Å². The maximum atomic E-state index is 6.43. The van der Waals surface area contributed by atoms with Crippen LogP contribution >= 0.6 is 11.6 Å². The molecule has 3 heteroatoms. The van der Waals surface area contributed by atoms with Crippen molar-refractivity contribution < 1.29 is 9.47 Å². The van der Waals surface area contributed by atoms with Crippen LogP contribution in [0.5, 0.6) is 5.75 Å². The molecule has 0 saturated carbocycles. The highest BCUT2D eigenvalue weighted by atomic mass is 35.5. The maximum absolute atomic E-state index is 6.43. The van der Waals surface area contributed by atoms with Crippen molar-refractivity contribution in [3.63, 3.8) is 0 Å². The van der Waals surface area contributed by atoms with E-state index in [9.17, 15) is 0 Å². The molecule has 2 aliphatic heterocycles. The normalized spacial score (nSPS) is 23.8. The van der Waals surface area contributed by atoms with Crippen LogP contribution in [-0.2, 0) is 17.1 Å². The predicted octanol–water partition coefficient (Wildman–Crippen LogP) is 5.64. The zero-order valence-corrected chi connectivity index (χ0v) is 14.4. The molecule has 2 nitrogen and oxygen atoms in total. The monoisotopic (exact) mass is 348 g/mol. The zero-order valence-electron chi connectivity index (χ0n) is 13.6. The first-order chi connectivity index (χ1) is 12.3. The van der Waals surface area contributed by atoms with E-state index in [-0.39, 0.29) is 5.92 Å². The molecule has 0 aromatic heterocycles. The third-order valence-corrected chi connectivity index (χ3v) is 5.46. The van der Waals surface area contributed by atoms with E-state index in [1.165, 1.54) is 16.7 Å². The largest absolute Gasteiger partial charge is 0.458 e. The molecule has 25 heavy (non-hydrogen) atoms. The maximum Gasteiger partial charge on any atom is 0.238 e. The number of rotatable bonds is 1. The van der Waals surface area contributed by atoms with Gasteiger partial charge in [0.2, 0.25) is 5.79 Å². The molecule has 0 unspecified atom stereocenters. The van der Waals surface area contributed by atoms with Gasteiger partial charge in [0.1, 0.15) is 5.75 Å². The number of para-hydroxylation sites is 1. The first-order valence-corrected chi connectivity index (χ1v) is 8.89. The number of fused-ring (bicyclic) bond motifs is 3. The van der Waals surface area contributed by atoms with Gasteiger partial charge in [-0.25, -0.2) is 0 Å². The molecule has 0 N–H and O–H groups in total. The molecule has 0 radical (unpaired) electrons. The Kier molecular flexibility index (Phi) is 3.37. The summed E-state index contributed by atoms with van der Waals surface area (Å²) in [5, 5.41) is 0.751. The SMILES string of the molecule is Clc1ccc([C@@H]2C[C@@]3(OCc4ccccc43)Oc3ccccc32)cc1. The predicted molar refractivity (Wildman–Crippen MR) is 97.9 cm³/mol. The molecular formula is C22H17ClO2. The summed E-state index contributed by atoms with van der Waals surface area (Å²) in [6.45, 7) is 0.589. The minimum absolute atomic E-state index is 0.202. The van der Waals surface area contributed by atoms with Crippen molar-refractivity contribution in [2.24, 2.45) is 0 Å². The smallest absolute Gasteiger partial charge is 0.238 e. The average molecular weight is 349 g/mol. The summed E-state index contributed by atoms with van der Waals surface area (Å²) in [6, 6.07) is 24.7. The van der Waals surface area contributed by atoms with Crippen LogP contribution < -0.4 is 4.74 Å². The molecule has 0 amide bonds. The van der Waals surface area contributed by atoms with Crippen LogP contribution in [0.3, 0.4) is 0 Å². The molecule has 2 aliphatic rings. The van der Waals surface area contributed by atoms with E-state index in [4.69, 9.17) is 21.1 Å². The fourth-order valence-electron chi connectivity index (χ4n) is 3.99. The Morgan fingerprint density at radius 1 is 0.880 bits per heavy atom. The topological polar surface area (TPSA) is 18.5 Å². The molecule has 0 saturated heterocycles. The van der Waals surface area contributed by atoms with Gasteiger partial charge in [0.15, 0.2) is 0 Å². The molecule has 5 rings (SSSR count). The van der Waals surface area contributed by atoms with E-state index in [1.54, 1.807) is 0 Å². The molecule has 2 atom stereocenters. The van der Waals surface area contributed by atoms with E-state index >= 15 is 0 Å². The van der Waals surface area contributed by atoms with E-state index < -0.39 is 5.79 Å². The van der Waals surface area contributed by atoms with Crippen molar-refractivity contribution >= 4 is 11.6 Å². The molecular weight excluding hydrogens is 332 g/mol. The van der Waals surface area contributed by atoms with Crippen LogP contribution in [-0.4, -0.2) is 0 Å². The van der Waals surface area contributed by atoms with Gasteiger partial charge in [-0.05, 0) is 29.3 Å². The molecule has 0 bridgehead atoms. The number of benzene rings is 3. The molecule has 0 fully saturated rings. The first-order valence-electron chi connectivity index (χ1n) is 8.51. The molecule has 3 aromatic rings. The molecule has 2 heterocycles. The van der Waals surface area contributed by atoms with E-state index in [2.05, 4.69) is 48.5 Å². The molecule has 3 aromatic carbocycles. The van der Waals surface area contributed by atoms with Gasteiger partial charge in [-0.3, -0.25) is 0 Å². The van der Waals surface area contributed by atoms with Gasteiger partial charge in [-0.2, -0.15) is 0 Å². The van der Waals surface area contributed by atoms with Gasteiger partial charge in [0.25, 0.3) is 0 Å². The summed E-state index contributed by atoms with van der Waals surface area (Å²) in [5.41, 5.74) is 4.77. The third kappa shape index (κ3) is 2.37. The van der Waals surface area contributed by atoms with E-state index in [0.717, 1.165) is 22.8 Å². The van der Waals surface area contributed by atoms with Gasteiger partial charge >= 0.3 is 0 Å². The highest BCUT2D eigenvalue weighted by molar-refractivity contribution is 6.30. The first kappa shape index (κ1) is 15.0. The second-order valence-corrected chi connectivity index (χ2v) is 7.08. The minimum Gasteiger partial charge on any atom is -0.458 e. The summed E-state index contributed by atoms with van der Waals surface area (Å²) in [6.07, 6.45) is 0.753. The van der Waals surface area contributed by atoms with Crippen molar-refractivity contribution in [3.05, 3.63) is 100 Å². The highest BCUT2D eigenvalue weighted by Crippen LogP contribution is 2.52. The number of halogens is 1. The van der Waals surface area contributed by atoms with Crippen LogP contribution in [0.1, 0.15) is 34.6 Å². The molecule has 0 aliphatic carbocycles. The summed E-state index contributed by atoms with van der Waals surface area (Å²) >= 11 is 6.09. The van der Waals surface area contributed by atoms with Crippen LogP contribution in [0, 0.1) is 0 Å². The Labute approximate surface area is 152 Å². The average Bonchev–Trinajstić information content (AvgIpc) is 3.00. The molecule has 1 spiro atoms. The Morgan fingerprint density at radius 2 is 1.64 bits per heavy atom.